The molecule has 312 valence electrons. The average molecular weight is 812 g/mol. The molecule has 1 aliphatic carbocycles. The summed E-state index contributed by atoms with van der Waals surface area (Å²) in [4.78, 5) is 69.3. The number of aliphatic carboxylic acids is 1. The fourth-order valence-corrected chi connectivity index (χ4v) is 6.93. The summed E-state index contributed by atoms with van der Waals surface area (Å²) < 4.78 is 42.6. The summed E-state index contributed by atoms with van der Waals surface area (Å²) in [6.45, 7) is 8.85. The highest BCUT2D eigenvalue weighted by molar-refractivity contribution is 6.03. The maximum atomic E-state index is 14.4. The van der Waals surface area contributed by atoms with Crippen LogP contribution in [0.5, 0.6) is 0 Å². The van der Waals surface area contributed by atoms with Gasteiger partial charge in [-0.2, -0.15) is 13.2 Å². The van der Waals surface area contributed by atoms with Crippen molar-refractivity contribution >= 4 is 46.3 Å². The lowest BCUT2D eigenvalue weighted by Gasteiger charge is -2.36. The molecule has 2 aromatic heterocycles. The van der Waals surface area contributed by atoms with Gasteiger partial charge in [0.1, 0.15) is 17.5 Å². The minimum Gasteiger partial charge on any atom is -0.475 e. The van der Waals surface area contributed by atoms with Gasteiger partial charge in [0.25, 0.3) is 5.56 Å². The number of carbonyl (C=O) groups is 4. The predicted octanol–water partition coefficient (Wildman–Crippen LogP) is 5.15. The molecular formula is C40H48F3N7O8. The Balaban J connectivity index is 0.000000839. The molecule has 2 fully saturated rings. The number of carboxylic acids is 1. The van der Waals surface area contributed by atoms with Crippen molar-refractivity contribution in [3.8, 4) is 11.1 Å². The van der Waals surface area contributed by atoms with Crippen LogP contribution in [-0.2, 0) is 30.3 Å². The topological polar surface area (TPSA) is 213 Å². The quantitative estimate of drug-likeness (QED) is 0.142. The predicted molar refractivity (Wildman–Crippen MR) is 209 cm³/mol. The number of ether oxygens (including phenoxy) is 2. The number of pyridine rings is 1. The Morgan fingerprint density at radius 2 is 1.64 bits per heavy atom. The van der Waals surface area contributed by atoms with E-state index in [2.05, 4.69) is 31.5 Å². The molecule has 1 saturated carbocycles. The Morgan fingerprint density at radius 3 is 2.24 bits per heavy atom. The van der Waals surface area contributed by atoms with Gasteiger partial charge in [0.2, 0.25) is 11.8 Å². The number of H-pyrrole nitrogens is 2. The molecule has 1 saturated heterocycles. The van der Waals surface area contributed by atoms with E-state index in [1.807, 2.05) is 51.1 Å². The van der Waals surface area contributed by atoms with E-state index in [1.165, 1.54) is 4.90 Å². The van der Waals surface area contributed by atoms with Gasteiger partial charge >= 0.3 is 18.2 Å². The third-order valence-corrected chi connectivity index (χ3v) is 9.88. The van der Waals surface area contributed by atoms with E-state index in [4.69, 9.17) is 25.1 Å². The summed E-state index contributed by atoms with van der Waals surface area (Å²) in [6.07, 6.45) is -0.880. The molecule has 2 aromatic carbocycles. The molecule has 0 radical (unpaired) electrons. The molecule has 1 aliphatic heterocycles. The van der Waals surface area contributed by atoms with Crippen LogP contribution in [-0.4, -0.2) is 94.8 Å². The van der Waals surface area contributed by atoms with Gasteiger partial charge in [-0.3, -0.25) is 29.5 Å². The average Bonchev–Trinajstić information content (AvgIpc) is 3.56. The fourth-order valence-electron chi connectivity index (χ4n) is 6.93. The summed E-state index contributed by atoms with van der Waals surface area (Å²) in [6, 6.07) is 16.0. The number of benzene rings is 2. The van der Waals surface area contributed by atoms with Crippen molar-refractivity contribution in [2.75, 3.05) is 42.6 Å². The summed E-state index contributed by atoms with van der Waals surface area (Å²) in [5.74, 6) is -2.83. The Kier molecular flexibility index (Phi) is 13.8. The van der Waals surface area contributed by atoms with Crippen molar-refractivity contribution in [2.24, 2.45) is 17.6 Å². The number of rotatable bonds is 10. The number of alkyl halides is 3. The van der Waals surface area contributed by atoms with E-state index < -0.39 is 35.8 Å². The number of carboxylic acid groups (broad SMARTS) is 1. The first-order valence-electron chi connectivity index (χ1n) is 18.9. The largest absolute Gasteiger partial charge is 0.490 e. The van der Waals surface area contributed by atoms with Gasteiger partial charge in [-0.1, -0.05) is 24.3 Å². The first-order valence-corrected chi connectivity index (χ1v) is 18.9. The molecule has 3 amide bonds. The zero-order chi connectivity index (χ0) is 42.2. The van der Waals surface area contributed by atoms with Crippen LogP contribution in [0.1, 0.15) is 52.0 Å². The molecule has 58 heavy (non-hydrogen) atoms. The van der Waals surface area contributed by atoms with Crippen LogP contribution in [0.3, 0.4) is 0 Å². The number of alkyl carbamates (subject to hydrolysis) is 1. The molecule has 18 heteroatoms. The number of nitrogens with zero attached hydrogens (tertiary/aromatic N) is 3. The third-order valence-electron chi connectivity index (χ3n) is 9.88. The lowest BCUT2D eigenvalue weighted by molar-refractivity contribution is -0.192. The number of anilines is 2. The minimum absolute atomic E-state index is 0.196. The fraction of sp³-hybridized carbons (Fsp3) is 0.450. The molecule has 0 bridgehead atoms. The number of nitrogens with two attached hydrogens (primary N) is 1. The highest BCUT2D eigenvalue weighted by Gasteiger charge is 2.38. The summed E-state index contributed by atoms with van der Waals surface area (Å²) in [7, 11) is 0. The molecule has 4 aromatic rings. The Morgan fingerprint density at radius 1 is 0.983 bits per heavy atom. The van der Waals surface area contributed by atoms with Crippen molar-refractivity contribution < 1.29 is 46.9 Å². The monoisotopic (exact) mass is 811 g/mol. The van der Waals surface area contributed by atoms with Crippen LogP contribution in [0, 0.1) is 11.8 Å². The lowest BCUT2D eigenvalue weighted by atomic mass is 9.81. The first-order chi connectivity index (χ1) is 27.4. The van der Waals surface area contributed by atoms with E-state index >= 15 is 0 Å². The molecule has 0 unspecified atom stereocenters. The van der Waals surface area contributed by atoms with Gasteiger partial charge in [0.15, 0.2) is 0 Å². The normalized spacial score (nSPS) is 17.7. The molecule has 2 aliphatic rings. The van der Waals surface area contributed by atoms with E-state index in [0.29, 0.717) is 49.2 Å². The van der Waals surface area contributed by atoms with Gasteiger partial charge in [-0.05, 0) is 99.4 Å². The van der Waals surface area contributed by atoms with Crippen LogP contribution in [0.15, 0.2) is 65.6 Å². The minimum atomic E-state index is -5.08. The molecule has 6 N–H and O–H groups in total. The van der Waals surface area contributed by atoms with Gasteiger partial charge < -0.3 is 30.5 Å². The number of carbonyl (C=O) groups excluding carboxylic acids is 3. The van der Waals surface area contributed by atoms with Crippen LogP contribution in [0.4, 0.5) is 29.5 Å². The number of morpholine rings is 1. The Labute approximate surface area is 332 Å². The number of hydrogen-bond acceptors (Lipinski definition) is 9. The van der Waals surface area contributed by atoms with Crippen LogP contribution in [0.2, 0.25) is 0 Å². The zero-order valence-electron chi connectivity index (χ0n) is 32.4. The van der Waals surface area contributed by atoms with Gasteiger partial charge in [-0.25, -0.2) is 14.6 Å². The maximum absolute atomic E-state index is 14.4. The van der Waals surface area contributed by atoms with Crippen molar-refractivity contribution in [1.29, 1.82) is 0 Å². The second kappa shape index (κ2) is 18.6. The first kappa shape index (κ1) is 43.2. The summed E-state index contributed by atoms with van der Waals surface area (Å²) in [5, 5.41) is 15.9. The highest BCUT2D eigenvalue weighted by atomic mass is 19.4. The SMILES string of the molecule is CC(C)(C)OC(=O)NC[C@H]1CC[C@H](C(=O)N(c2ccc3c(=O)[nH][nH]c3c2)[C@@H](Cc2ccc(-c3ccnc(N4CCOCC4)c3)cc2)C(N)=O)CC1.O=C(O)C(F)(F)F. The number of primary amides is 1. The second-order valence-electron chi connectivity index (χ2n) is 15.2. The molecule has 3 heterocycles. The molecule has 1 atom stereocenters. The highest BCUT2D eigenvalue weighted by Crippen LogP contribution is 2.34. The van der Waals surface area contributed by atoms with E-state index in [1.54, 1.807) is 24.4 Å². The van der Waals surface area contributed by atoms with Crippen molar-refractivity contribution in [3.05, 3.63) is 76.7 Å². The maximum Gasteiger partial charge on any atom is 0.490 e. The third kappa shape index (κ3) is 11.6. The molecule has 15 nitrogen and oxygen atoms in total. The van der Waals surface area contributed by atoms with Crippen molar-refractivity contribution in [1.82, 2.24) is 20.5 Å². The smallest absolute Gasteiger partial charge is 0.475 e. The van der Waals surface area contributed by atoms with Crippen molar-refractivity contribution in [3.63, 3.8) is 0 Å². The summed E-state index contributed by atoms with van der Waals surface area (Å²) >= 11 is 0. The van der Waals surface area contributed by atoms with Gasteiger partial charge in [-0.15, -0.1) is 0 Å². The van der Waals surface area contributed by atoms with Gasteiger partial charge in [0, 0.05) is 43.9 Å². The summed E-state index contributed by atoms with van der Waals surface area (Å²) in [5.41, 5.74) is 9.08. The van der Waals surface area contributed by atoms with E-state index in [0.717, 1.165) is 48.4 Å². The number of halogens is 3. The Hall–Kier alpha value is -5.91. The Bertz CT molecular complexity index is 2120. The molecule has 6 rings (SSSR count). The number of hydrogen-bond donors (Lipinski definition) is 5. The van der Waals surface area contributed by atoms with Gasteiger partial charge in [0.05, 0.1) is 24.1 Å². The van der Waals surface area contributed by atoms with Crippen LogP contribution >= 0.6 is 0 Å². The number of amides is 3. The number of fused-ring (bicyclic) bond motifs is 1. The molecular weight excluding hydrogens is 763 g/mol. The number of nitrogens with one attached hydrogen (secondary N) is 3. The lowest BCUT2D eigenvalue weighted by Crippen LogP contribution is -2.52. The standard InChI is InChI=1S/C38H47N7O6.C2HF3O2/c1-38(2,3)51-37(49)41-23-25-6-10-27(11-7-25)36(48)45(29-12-13-30-31(22-29)42-43-35(30)47)32(34(39)46)20-24-4-8-26(9-5-24)28-14-15-40-33(21-28)44-16-18-50-19-17-44;3-2(4,5)1(6)7/h4-5,8-9,12-15,21-22,25,27,32H,6-7,10-11,16-20,23H2,1-3H3,(H2,39,46)(H,41,49)(H2,42,43,47);(H,6,7)/t25-,27-,32-;/m0./s1. The zero-order valence-corrected chi connectivity index (χ0v) is 32.4. The van der Waals surface area contributed by atoms with E-state index in [9.17, 15) is 32.3 Å². The van der Waals surface area contributed by atoms with Crippen LogP contribution < -0.4 is 26.4 Å². The molecule has 0 spiro atoms. The second-order valence-corrected chi connectivity index (χ2v) is 15.2. The van der Waals surface area contributed by atoms with Crippen molar-refractivity contribution in [2.45, 2.75) is 70.7 Å². The van der Waals surface area contributed by atoms with E-state index in [-0.39, 0.29) is 29.7 Å². The number of aromatic amines is 2. The van der Waals surface area contributed by atoms with Crippen LogP contribution in [0.25, 0.3) is 22.0 Å². The number of aromatic nitrogens is 3.